The van der Waals surface area contributed by atoms with Crippen LogP contribution in [0.1, 0.15) is 37.1 Å². The fourth-order valence-corrected chi connectivity index (χ4v) is 2.91. The molecule has 138 valence electrons. The van der Waals surface area contributed by atoms with Crippen molar-refractivity contribution in [3.05, 3.63) is 52.6 Å². The van der Waals surface area contributed by atoms with Crippen molar-refractivity contribution in [2.75, 3.05) is 7.11 Å². The summed E-state index contributed by atoms with van der Waals surface area (Å²) in [5.74, 6) is -0.166. The Morgan fingerprint density at radius 1 is 1.46 bits per heavy atom. The van der Waals surface area contributed by atoms with Gasteiger partial charge in [0.1, 0.15) is 22.1 Å². The van der Waals surface area contributed by atoms with Crippen LogP contribution in [0.5, 0.6) is 0 Å². The van der Waals surface area contributed by atoms with Crippen molar-refractivity contribution < 1.29 is 9.53 Å². The zero-order chi connectivity index (χ0) is 18.9. The number of aliphatic imine (C=N–C) groups is 1. The summed E-state index contributed by atoms with van der Waals surface area (Å²) in [7, 11) is 1.29. The minimum atomic E-state index is -0.603. The minimum Gasteiger partial charge on any atom is -0.464 e. The number of aromatic nitrogens is 1. The molecule has 0 bridgehead atoms. The quantitative estimate of drug-likeness (QED) is 0.331. The second kappa shape index (κ2) is 7.11. The van der Waals surface area contributed by atoms with Crippen LogP contribution in [0.2, 0.25) is 0 Å². The predicted octanol–water partition coefficient (Wildman–Crippen LogP) is 2.87. The Hall–Kier alpha value is -2.34. The molecule has 1 aromatic rings. The van der Waals surface area contributed by atoms with Crippen molar-refractivity contribution in [1.29, 1.82) is 0 Å². The number of methoxy groups -OCH3 is 1. The Morgan fingerprint density at radius 2 is 2.15 bits per heavy atom. The maximum atomic E-state index is 12.1. The number of carbonyl (C=O) groups is 1. The first-order valence-electron chi connectivity index (χ1n) is 8.60. The molecule has 0 aromatic carbocycles. The number of halogens is 1. The van der Waals surface area contributed by atoms with Crippen LogP contribution in [0.4, 0.5) is 0 Å². The van der Waals surface area contributed by atoms with E-state index in [0.29, 0.717) is 5.92 Å². The first-order chi connectivity index (χ1) is 12.4. The van der Waals surface area contributed by atoms with Gasteiger partial charge in [-0.1, -0.05) is 24.2 Å². The topological polar surface area (TPSA) is 89.6 Å². The monoisotopic (exact) mass is 374 g/mol. The molecule has 0 unspecified atom stereocenters. The van der Waals surface area contributed by atoms with E-state index in [1.165, 1.54) is 7.11 Å². The second-order valence-electron chi connectivity index (χ2n) is 6.80. The lowest BCUT2D eigenvalue weighted by Gasteiger charge is -2.15. The van der Waals surface area contributed by atoms with Crippen LogP contribution in [0.25, 0.3) is 0 Å². The van der Waals surface area contributed by atoms with Crippen LogP contribution in [-0.4, -0.2) is 23.9 Å². The van der Waals surface area contributed by atoms with Crippen molar-refractivity contribution in [1.82, 2.24) is 10.3 Å². The van der Waals surface area contributed by atoms with Gasteiger partial charge in [0.05, 0.1) is 12.8 Å². The van der Waals surface area contributed by atoms with Gasteiger partial charge in [-0.2, -0.15) is 0 Å². The SMILES string of the molecule is C=C(NC(C(=O)OC)=C(Cl)C(N)=NC1(c2cccc(C)n2)CC1)C1CC1. The number of nitrogens with two attached hydrogens (primary N) is 1. The highest BCUT2D eigenvalue weighted by atomic mass is 35.5. The number of ether oxygens (including phenoxy) is 1. The summed E-state index contributed by atoms with van der Waals surface area (Å²) in [4.78, 5) is 21.3. The molecule has 3 rings (SSSR count). The standard InChI is InChI=1S/C19H23ClN4O2/c1-11-5-4-6-14(22-11)19(9-10-19)24-17(21)15(20)16(18(25)26-3)23-12(2)13-7-8-13/h4-6,13,23H,2,7-10H2,1,3H3,(H2,21,24). The molecule has 2 aliphatic rings. The molecule has 0 radical (unpaired) electrons. The van der Waals surface area contributed by atoms with Gasteiger partial charge in [-0.25, -0.2) is 4.79 Å². The number of carbonyl (C=O) groups excluding carboxylic acids is 1. The number of hydrogen-bond donors (Lipinski definition) is 2. The van der Waals surface area contributed by atoms with Crippen LogP contribution in [0.3, 0.4) is 0 Å². The van der Waals surface area contributed by atoms with E-state index in [0.717, 1.165) is 42.8 Å². The number of nitrogens with one attached hydrogen (secondary N) is 1. The van der Waals surface area contributed by atoms with Gasteiger partial charge in [-0.05, 0) is 50.7 Å². The number of esters is 1. The average molecular weight is 375 g/mol. The number of nitrogens with zero attached hydrogens (tertiary/aromatic N) is 2. The third-order valence-corrected chi connectivity index (χ3v) is 5.00. The molecule has 1 aromatic heterocycles. The third-order valence-electron chi connectivity index (χ3n) is 4.61. The van der Waals surface area contributed by atoms with Gasteiger partial charge in [0.15, 0.2) is 0 Å². The molecular weight excluding hydrogens is 352 g/mol. The van der Waals surface area contributed by atoms with Crippen molar-refractivity contribution in [3.63, 3.8) is 0 Å². The molecule has 26 heavy (non-hydrogen) atoms. The Labute approximate surface area is 158 Å². The number of amidine groups is 1. The largest absolute Gasteiger partial charge is 0.464 e. The zero-order valence-electron chi connectivity index (χ0n) is 15.0. The minimum absolute atomic E-state index is 0.0394. The lowest BCUT2D eigenvalue weighted by atomic mass is 10.1. The van der Waals surface area contributed by atoms with E-state index in [4.69, 9.17) is 22.1 Å². The van der Waals surface area contributed by atoms with E-state index in [1.54, 1.807) is 0 Å². The molecule has 7 heteroatoms. The maximum Gasteiger partial charge on any atom is 0.356 e. The molecule has 3 N–H and O–H groups in total. The van der Waals surface area contributed by atoms with E-state index in [9.17, 15) is 4.79 Å². The van der Waals surface area contributed by atoms with Crippen molar-refractivity contribution in [3.8, 4) is 0 Å². The Balaban J connectivity index is 1.90. The highest BCUT2D eigenvalue weighted by Gasteiger charge is 2.46. The summed E-state index contributed by atoms with van der Waals surface area (Å²) in [6, 6.07) is 5.81. The first-order valence-corrected chi connectivity index (χ1v) is 8.98. The van der Waals surface area contributed by atoms with E-state index in [-0.39, 0.29) is 16.6 Å². The fraction of sp³-hybridized carbons (Fsp3) is 0.421. The van der Waals surface area contributed by atoms with Gasteiger partial charge < -0.3 is 15.8 Å². The Morgan fingerprint density at radius 3 is 2.69 bits per heavy atom. The van der Waals surface area contributed by atoms with Crippen LogP contribution in [-0.2, 0) is 15.1 Å². The van der Waals surface area contributed by atoms with Crippen molar-refractivity contribution in [2.24, 2.45) is 16.6 Å². The van der Waals surface area contributed by atoms with Crippen molar-refractivity contribution >= 4 is 23.4 Å². The molecule has 2 aliphatic carbocycles. The molecular formula is C19H23ClN4O2. The Bertz CT molecular complexity index is 808. The van der Waals surface area contributed by atoms with E-state index in [1.807, 2.05) is 25.1 Å². The lowest BCUT2D eigenvalue weighted by molar-refractivity contribution is -0.136. The zero-order valence-corrected chi connectivity index (χ0v) is 15.8. The van der Waals surface area contributed by atoms with Gasteiger partial charge >= 0.3 is 5.97 Å². The van der Waals surface area contributed by atoms with Gasteiger partial charge in [0.25, 0.3) is 0 Å². The normalized spacial score (nSPS) is 19.4. The molecule has 2 saturated carbocycles. The highest BCUT2D eigenvalue weighted by Crippen LogP contribution is 2.49. The molecule has 0 spiro atoms. The fourth-order valence-electron chi connectivity index (χ4n) is 2.75. The Kier molecular flexibility index (Phi) is 5.05. The summed E-state index contributed by atoms with van der Waals surface area (Å²) in [6.45, 7) is 5.89. The number of allylic oxidation sites excluding steroid dienone is 1. The van der Waals surface area contributed by atoms with Gasteiger partial charge in [-0.15, -0.1) is 0 Å². The highest BCUT2D eigenvalue weighted by molar-refractivity contribution is 6.44. The summed E-state index contributed by atoms with van der Waals surface area (Å²) >= 11 is 6.39. The maximum absolute atomic E-state index is 12.1. The summed E-state index contributed by atoms with van der Waals surface area (Å²) in [5.41, 5.74) is 8.25. The summed E-state index contributed by atoms with van der Waals surface area (Å²) < 4.78 is 4.82. The number of hydrogen-bond acceptors (Lipinski definition) is 5. The molecule has 2 fully saturated rings. The molecule has 6 nitrogen and oxygen atoms in total. The van der Waals surface area contributed by atoms with Gasteiger partial charge in [-0.3, -0.25) is 9.98 Å². The van der Waals surface area contributed by atoms with Crippen LogP contribution in [0.15, 0.2) is 46.2 Å². The van der Waals surface area contributed by atoms with Crippen LogP contribution < -0.4 is 11.1 Å². The molecule has 1 heterocycles. The number of rotatable bonds is 7. The second-order valence-corrected chi connectivity index (χ2v) is 7.18. The van der Waals surface area contributed by atoms with E-state index in [2.05, 4.69) is 21.9 Å². The van der Waals surface area contributed by atoms with Crippen molar-refractivity contribution in [2.45, 2.75) is 38.1 Å². The van der Waals surface area contributed by atoms with E-state index < -0.39 is 11.5 Å². The smallest absolute Gasteiger partial charge is 0.356 e. The van der Waals surface area contributed by atoms with Gasteiger partial charge in [0, 0.05) is 11.4 Å². The van der Waals surface area contributed by atoms with Crippen LogP contribution in [0, 0.1) is 12.8 Å². The predicted molar refractivity (Wildman–Crippen MR) is 101 cm³/mol. The van der Waals surface area contributed by atoms with Gasteiger partial charge in [0.2, 0.25) is 0 Å². The summed E-state index contributed by atoms with van der Waals surface area (Å²) in [5, 5.41) is 3.01. The number of pyridine rings is 1. The van der Waals surface area contributed by atoms with Crippen LogP contribution >= 0.6 is 11.6 Å². The lowest BCUT2D eigenvalue weighted by Crippen LogP contribution is -2.28. The van der Waals surface area contributed by atoms with E-state index >= 15 is 0 Å². The third kappa shape index (κ3) is 3.90. The molecule has 0 saturated heterocycles. The number of aryl methyl sites for hydroxylation is 1. The molecule has 0 amide bonds. The average Bonchev–Trinajstić information content (AvgIpc) is 3.52. The molecule has 0 atom stereocenters. The first kappa shape index (κ1) is 18.5. The summed E-state index contributed by atoms with van der Waals surface area (Å²) in [6.07, 6.45) is 3.77. The molecule has 0 aliphatic heterocycles.